The van der Waals surface area contributed by atoms with Gasteiger partial charge in [0.1, 0.15) is 0 Å². The van der Waals surface area contributed by atoms with E-state index in [0.29, 0.717) is 5.82 Å². The SMILES string of the molecule is CC(C)(C)c1cc(-c2cc(-c3cc(C(C)(C)C)cc(C(C)(C)C)c3)nc(-c3cc4c5c(c3)N(c3ccc(-c6ccccc6)cc3)c3cc6cc7ccccc7cc6cc3B5c3cc5cc6ccccc6cc5cc3N4c3ccc(-c4ccccc4)cc3)n2)cc(C(C)(C)C)c1. The fourth-order valence-electron chi connectivity index (χ4n) is 14.6. The number of nitrogens with zero attached hydrogens (tertiary/aromatic N) is 4. The molecule has 0 fully saturated rings. The zero-order valence-corrected chi connectivity index (χ0v) is 56.7. The van der Waals surface area contributed by atoms with E-state index in [4.69, 9.17) is 9.97 Å². The summed E-state index contributed by atoms with van der Waals surface area (Å²) in [5, 5.41) is 9.68. The molecule has 0 N–H and O–H groups in total. The predicted molar refractivity (Wildman–Crippen MR) is 408 cm³/mol. The van der Waals surface area contributed by atoms with Gasteiger partial charge in [0.05, 0.1) is 11.4 Å². The van der Waals surface area contributed by atoms with Gasteiger partial charge in [-0.3, -0.25) is 0 Å². The number of fused-ring (bicyclic) bond motifs is 8. The smallest absolute Gasteiger partial charge is 0.252 e. The van der Waals surface area contributed by atoms with E-state index in [1.807, 2.05) is 0 Å². The van der Waals surface area contributed by atoms with Gasteiger partial charge in [0.2, 0.25) is 0 Å². The molecule has 462 valence electrons. The molecule has 5 heteroatoms. The second-order valence-corrected chi connectivity index (χ2v) is 30.8. The van der Waals surface area contributed by atoms with Crippen LogP contribution in [0.15, 0.2) is 261 Å². The lowest BCUT2D eigenvalue weighted by Crippen LogP contribution is -2.61. The molecule has 0 saturated heterocycles. The van der Waals surface area contributed by atoms with Gasteiger partial charge < -0.3 is 9.80 Å². The van der Waals surface area contributed by atoms with Gasteiger partial charge >= 0.3 is 0 Å². The molecular weight excluding hydrogens is 1150 g/mol. The van der Waals surface area contributed by atoms with E-state index >= 15 is 0 Å². The minimum absolute atomic E-state index is 0.121. The largest absolute Gasteiger partial charge is 0.311 e. The molecule has 0 radical (unpaired) electrons. The van der Waals surface area contributed by atoms with Gasteiger partial charge in [-0.05, 0) is 229 Å². The van der Waals surface area contributed by atoms with E-state index in [2.05, 4.69) is 354 Å². The molecule has 1 aromatic heterocycles. The molecule has 13 aromatic carbocycles. The summed E-state index contributed by atoms with van der Waals surface area (Å²) in [6.45, 7) is 27.7. The molecule has 0 amide bonds. The van der Waals surface area contributed by atoms with E-state index in [0.717, 1.165) is 73.3 Å². The van der Waals surface area contributed by atoms with Gasteiger partial charge in [-0.15, -0.1) is 0 Å². The lowest BCUT2D eigenvalue weighted by molar-refractivity contribution is 0.568. The molecule has 16 rings (SSSR count). The first-order chi connectivity index (χ1) is 45.5. The molecule has 0 atom stereocenters. The Balaban J connectivity index is 1.04. The second kappa shape index (κ2) is 22.1. The highest BCUT2D eigenvalue weighted by atomic mass is 15.2. The van der Waals surface area contributed by atoms with Crippen LogP contribution in [0.3, 0.4) is 0 Å². The normalized spacial score (nSPS) is 13.2. The van der Waals surface area contributed by atoms with Crippen LogP contribution in [0.4, 0.5) is 34.1 Å². The summed E-state index contributed by atoms with van der Waals surface area (Å²) in [5.41, 5.74) is 24.5. The second-order valence-electron chi connectivity index (χ2n) is 30.8. The average molecular weight is 1230 g/mol. The van der Waals surface area contributed by atoms with Crippen molar-refractivity contribution < 1.29 is 0 Å². The van der Waals surface area contributed by atoms with Crippen molar-refractivity contribution >= 4 is 100 Å². The summed E-state index contributed by atoms with van der Waals surface area (Å²) >= 11 is 0. The first kappa shape index (κ1) is 59.6. The van der Waals surface area contributed by atoms with Crippen LogP contribution in [0.5, 0.6) is 0 Å². The van der Waals surface area contributed by atoms with Crippen LogP contribution in [-0.2, 0) is 21.7 Å². The van der Waals surface area contributed by atoms with Gasteiger partial charge in [-0.25, -0.2) is 9.97 Å². The van der Waals surface area contributed by atoms with Crippen molar-refractivity contribution in [3.05, 3.63) is 283 Å². The Morgan fingerprint density at radius 3 is 0.905 bits per heavy atom. The summed E-state index contributed by atoms with van der Waals surface area (Å²) < 4.78 is 0. The Morgan fingerprint density at radius 2 is 0.568 bits per heavy atom. The highest BCUT2D eigenvalue weighted by molar-refractivity contribution is 7.00. The van der Waals surface area contributed by atoms with Gasteiger partial charge in [0.15, 0.2) is 5.82 Å². The van der Waals surface area contributed by atoms with Crippen LogP contribution in [0.2, 0.25) is 0 Å². The Hall–Kier alpha value is -10.4. The van der Waals surface area contributed by atoms with E-state index in [1.54, 1.807) is 0 Å². The van der Waals surface area contributed by atoms with Crippen molar-refractivity contribution in [2.75, 3.05) is 9.80 Å². The molecular formula is C90H79BN4. The molecule has 2 aliphatic heterocycles. The van der Waals surface area contributed by atoms with E-state index < -0.39 is 0 Å². The van der Waals surface area contributed by atoms with Gasteiger partial charge in [0, 0.05) is 50.8 Å². The summed E-state index contributed by atoms with van der Waals surface area (Å²) in [7, 11) is 0. The molecule has 14 aromatic rings. The maximum atomic E-state index is 5.92. The standard InChI is InChI=1S/C90H79BN4/c1-87(2,3)71-43-68(44-72(53-71)88(4,5)6)79-55-80(69-45-73(89(7,8)9)54-74(46-69)90(10,11)12)93-86(92-79)70-51-83-85-84(52-70)95(76-37-33-59(34-38-76)57-25-17-14-18-26-57)82-50-67-42-63-30-22-20-28-61(63)40-65(67)48-78(82)91(85)77-47-64-39-60-27-19-21-29-62(60)41-66(64)49-81(77)94(83)75-35-31-58(32-36-75)56-23-15-13-16-24-56/h13-55H,1-12H3. The predicted octanol–water partition coefficient (Wildman–Crippen LogP) is 22.7. The Labute approximate surface area is 560 Å². The number of hydrogen-bond donors (Lipinski definition) is 0. The number of hydrogen-bond acceptors (Lipinski definition) is 4. The number of benzene rings is 13. The third-order valence-electron chi connectivity index (χ3n) is 20.1. The van der Waals surface area contributed by atoms with Crippen molar-refractivity contribution in [1.29, 1.82) is 0 Å². The maximum Gasteiger partial charge on any atom is 0.252 e. The van der Waals surface area contributed by atoms with Crippen molar-refractivity contribution in [2.45, 2.75) is 105 Å². The zero-order valence-electron chi connectivity index (χ0n) is 56.7. The Bertz CT molecular complexity index is 5000. The fourth-order valence-corrected chi connectivity index (χ4v) is 14.6. The van der Waals surface area contributed by atoms with Crippen molar-refractivity contribution in [2.24, 2.45) is 0 Å². The third-order valence-corrected chi connectivity index (χ3v) is 20.1. The summed E-state index contributed by atoms with van der Waals surface area (Å²) in [4.78, 5) is 16.9. The van der Waals surface area contributed by atoms with Gasteiger partial charge in [0.25, 0.3) is 6.71 Å². The molecule has 0 bridgehead atoms. The molecule has 0 aliphatic carbocycles. The molecule has 0 unspecified atom stereocenters. The van der Waals surface area contributed by atoms with Crippen LogP contribution in [0.1, 0.15) is 105 Å². The minimum atomic E-state index is -0.180. The van der Waals surface area contributed by atoms with Crippen LogP contribution < -0.4 is 26.2 Å². The zero-order chi connectivity index (χ0) is 65.4. The number of anilines is 6. The fraction of sp³-hybridized carbons (Fsp3) is 0.178. The van der Waals surface area contributed by atoms with Crippen LogP contribution in [-0.4, -0.2) is 16.7 Å². The van der Waals surface area contributed by atoms with Crippen molar-refractivity contribution in [1.82, 2.24) is 9.97 Å². The quantitative estimate of drug-likeness (QED) is 0.118. The van der Waals surface area contributed by atoms with Gasteiger partial charge in [-0.2, -0.15) is 0 Å². The molecule has 4 nitrogen and oxygen atoms in total. The third kappa shape index (κ3) is 10.8. The van der Waals surface area contributed by atoms with Crippen LogP contribution >= 0.6 is 0 Å². The molecule has 3 heterocycles. The summed E-state index contributed by atoms with van der Waals surface area (Å²) in [6.07, 6.45) is 0. The van der Waals surface area contributed by atoms with E-state index in [1.165, 1.54) is 92.9 Å². The first-order valence-corrected chi connectivity index (χ1v) is 33.8. The Morgan fingerprint density at radius 1 is 0.253 bits per heavy atom. The lowest BCUT2D eigenvalue weighted by Gasteiger charge is -2.44. The summed E-state index contributed by atoms with van der Waals surface area (Å²) in [6, 6.07) is 98.5. The average Bonchev–Trinajstić information content (AvgIpc) is 0.690. The highest BCUT2D eigenvalue weighted by Crippen LogP contribution is 2.49. The molecule has 2 aliphatic rings. The molecule has 0 spiro atoms. The minimum Gasteiger partial charge on any atom is -0.311 e. The molecule has 95 heavy (non-hydrogen) atoms. The molecule has 0 saturated carbocycles. The van der Waals surface area contributed by atoms with Crippen LogP contribution in [0.25, 0.3) is 99.2 Å². The summed E-state index contributed by atoms with van der Waals surface area (Å²) in [5.74, 6) is 0.662. The van der Waals surface area contributed by atoms with Crippen molar-refractivity contribution in [3.8, 4) is 56.2 Å². The maximum absolute atomic E-state index is 5.92. The highest BCUT2D eigenvalue weighted by Gasteiger charge is 2.44. The lowest BCUT2D eigenvalue weighted by atomic mass is 9.33. The number of aromatic nitrogens is 2. The van der Waals surface area contributed by atoms with E-state index in [-0.39, 0.29) is 28.4 Å². The monoisotopic (exact) mass is 1230 g/mol. The van der Waals surface area contributed by atoms with E-state index in [9.17, 15) is 0 Å². The van der Waals surface area contributed by atoms with Crippen molar-refractivity contribution in [3.63, 3.8) is 0 Å². The Kier molecular flexibility index (Phi) is 13.9. The van der Waals surface area contributed by atoms with Crippen LogP contribution in [0, 0.1) is 0 Å². The topological polar surface area (TPSA) is 32.3 Å². The van der Waals surface area contributed by atoms with Gasteiger partial charge in [-0.1, -0.05) is 241 Å². The first-order valence-electron chi connectivity index (χ1n) is 33.8. The number of rotatable bonds is 7.